The van der Waals surface area contributed by atoms with E-state index < -0.39 is 10.0 Å². The summed E-state index contributed by atoms with van der Waals surface area (Å²) >= 11 is 0. The van der Waals surface area contributed by atoms with Crippen LogP contribution in [0.1, 0.15) is 22.3 Å². The molecule has 0 radical (unpaired) electrons. The number of hydrogen-bond acceptors (Lipinski definition) is 3. The Morgan fingerprint density at radius 1 is 0.871 bits per heavy atom. The number of rotatable bonds is 8. The van der Waals surface area contributed by atoms with Gasteiger partial charge in [-0.2, -0.15) is 4.31 Å². The van der Waals surface area contributed by atoms with Crippen LogP contribution in [0.4, 0.5) is 5.69 Å². The molecule has 0 unspecified atom stereocenters. The average Bonchev–Trinajstić information content (AvgIpc) is 2.75. The second-order valence-electron chi connectivity index (χ2n) is 7.71. The summed E-state index contributed by atoms with van der Waals surface area (Å²) in [4.78, 5) is 13.1. The molecule has 0 bridgehead atoms. The van der Waals surface area contributed by atoms with Gasteiger partial charge in [0.25, 0.3) is 0 Å². The zero-order valence-electron chi connectivity index (χ0n) is 18.1. The van der Waals surface area contributed by atoms with Crippen molar-refractivity contribution in [2.45, 2.75) is 32.1 Å². The summed E-state index contributed by atoms with van der Waals surface area (Å²) in [5.74, 6) is -0.359. The van der Waals surface area contributed by atoms with Crippen LogP contribution in [0, 0.1) is 20.8 Å². The lowest BCUT2D eigenvalue weighted by atomic mass is 10.1. The zero-order valence-corrected chi connectivity index (χ0v) is 18.9. The molecule has 0 aliphatic rings. The molecular weight excluding hydrogens is 408 g/mol. The van der Waals surface area contributed by atoms with Gasteiger partial charge in [0.05, 0.1) is 11.4 Å². The van der Waals surface area contributed by atoms with Crippen molar-refractivity contribution in [3.63, 3.8) is 0 Å². The lowest BCUT2D eigenvalue weighted by Gasteiger charge is -2.22. The topological polar surface area (TPSA) is 66.5 Å². The lowest BCUT2D eigenvalue weighted by molar-refractivity contribution is -0.116. The van der Waals surface area contributed by atoms with E-state index in [2.05, 4.69) is 5.32 Å². The van der Waals surface area contributed by atoms with Crippen molar-refractivity contribution in [1.82, 2.24) is 4.31 Å². The van der Waals surface area contributed by atoms with Gasteiger partial charge in [-0.1, -0.05) is 66.2 Å². The van der Waals surface area contributed by atoms with Gasteiger partial charge in [-0.15, -0.1) is 0 Å². The third-order valence-electron chi connectivity index (χ3n) is 5.14. The second-order valence-corrected chi connectivity index (χ2v) is 9.65. The molecule has 0 atom stereocenters. The molecule has 3 aromatic carbocycles. The van der Waals surface area contributed by atoms with Gasteiger partial charge in [0, 0.05) is 12.2 Å². The standard InChI is InChI=1S/C25H28N2O3S/c1-19-16-20(2)25(21(3)17-19)26-24(28)18-27(15-14-22-10-6-4-7-11-22)31(29,30)23-12-8-5-9-13-23/h4-13,16-17H,14-15,18H2,1-3H3,(H,26,28). The minimum atomic E-state index is -3.81. The monoisotopic (exact) mass is 436 g/mol. The maximum absolute atomic E-state index is 13.3. The Labute approximate surface area is 184 Å². The summed E-state index contributed by atoms with van der Waals surface area (Å²) < 4.78 is 27.8. The van der Waals surface area contributed by atoms with Gasteiger partial charge in [0.2, 0.25) is 15.9 Å². The number of aryl methyl sites for hydroxylation is 3. The quantitative estimate of drug-likeness (QED) is 0.566. The Morgan fingerprint density at radius 3 is 2.00 bits per heavy atom. The van der Waals surface area contributed by atoms with Crippen LogP contribution in [0.25, 0.3) is 0 Å². The molecule has 0 aliphatic carbocycles. The number of nitrogens with zero attached hydrogens (tertiary/aromatic N) is 1. The van der Waals surface area contributed by atoms with Gasteiger partial charge >= 0.3 is 0 Å². The van der Waals surface area contributed by atoms with Crippen LogP contribution < -0.4 is 5.32 Å². The fourth-order valence-corrected chi connectivity index (χ4v) is 5.06. The highest BCUT2D eigenvalue weighted by molar-refractivity contribution is 7.89. The van der Waals surface area contributed by atoms with E-state index in [9.17, 15) is 13.2 Å². The molecule has 31 heavy (non-hydrogen) atoms. The van der Waals surface area contributed by atoms with Crippen molar-refractivity contribution in [3.8, 4) is 0 Å². The lowest BCUT2D eigenvalue weighted by Crippen LogP contribution is -2.39. The van der Waals surface area contributed by atoms with Crippen molar-refractivity contribution in [3.05, 3.63) is 95.1 Å². The van der Waals surface area contributed by atoms with Gasteiger partial charge in [0.1, 0.15) is 0 Å². The second kappa shape index (κ2) is 9.90. The number of carbonyl (C=O) groups is 1. The third-order valence-corrected chi connectivity index (χ3v) is 6.99. The van der Waals surface area contributed by atoms with Crippen molar-refractivity contribution < 1.29 is 13.2 Å². The Bertz CT molecular complexity index is 1120. The number of sulfonamides is 1. The number of amides is 1. The highest BCUT2D eigenvalue weighted by Crippen LogP contribution is 2.22. The molecule has 0 fully saturated rings. The summed E-state index contributed by atoms with van der Waals surface area (Å²) in [5.41, 5.74) is 4.77. The molecule has 5 nitrogen and oxygen atoms in total. The Kier molecular flexibility index (Phi) is 7.25. The summed E-state index contributed by atoms with van der Waals surface area (Å²) in [6, 6.07) is 21.9. The molecule has 0 spiro atoms. The predicted molar refractivity (Wildman–Crippen MR) is 125 cm³/mol. The fourth-order valence-electron chi connectivity index (χ4n) is 3.64. The maximum Gasteiger partial charge on any atom is 0.243 e. The molecule has 0 heterocycles. The fraction of sp³-hybridized carbons (Fsp3) is 0.240. The van der Waals surface area contributed by atoms with Crippen molar-refractivity contribution in [2.24, 2.45) is 0 Å². The van der Waals surface area contributed by atoms with Crippen LogP contribution in [-0.2, 0) is 21.2 Å². The first-order chi connectivity index (χ1) is 14.8. The van der Waals surface area contributed by atoms with Gasteiger partial charge in [-0.3, -0.25) is 4.79 Å². The van der Waals surface area contributed by atoms with Crippen LogP contribution in [0.3, 0.4) is 0 Å². The van der Waals surface area contributed by atoms with E-state index in [4.69, 9.17) is 0 Å². The van der Waals surface area contributed by atoms with Crippen LogP contribution in [0.15, 0.2) is 77.7 Å². The number of anilines is 1. The number of nitrogens with one attached hydrogen (secondary N) is 1. The van der Waals surface area contributed by atoms with E-state index in [1.54, 1.807) is 30.3 Å². The van der Waals surface area contributed by atoms with E-state index in [1.807, 2.05) is 63.2 Å². The molecule has 6 heteroatoms. The van der Waals surface area contributed by atoms with Crippen LogP contribution >= 0.6 is 0 Å². The maximum atomic E-state index is 13.3. The highest BCUT2D eigenvalue weighted by atomic mass is 32.2. The number of hydrogen-bond donors (Lipinski definition) is 1. The highest BCUT2D eigenvalue weighted by Gasteiger charge is 2.26. The molecule has 3 rings (SSSR count). The first kappa shape index (κ1) is 22.7. The van der Waals surface area contributed by atoms with Crippen LogP contribution in [0.2, 0.25) is 0 Å². The molecule has 3 aromatic rings. The van der Waals surface area contributed by atoms with Crippen molar-refractivity contribution in [1.29, 1.82) is 0 Å². The number of carbonyl (C=O) groups excluding carboxylic acids is 1. The molecule has 0 saturated heterocycles. The molecule has 162 valence electrons. The van der Waals surface area contributed by atoms with E-state index in [1.165, 1.54) is 4.31 Å². The van der Waals surface area contributed by atoms with Gasteiger partial charge < -0.3 is 5.32 Å². The average molecular weight is 437 g/mol. The van der Waals surface area contributed by atoms with E-state index in [-0.39, 0.29) is 23.9 Å². The SMILES string of the molecule is Cc1cc(C)c(NC(=O)CN(CCc2ccccc2)S(=O)(=O)c2ccccc2)c(C)c1. The Balaban J connectivity index is 1.83. The predicted octanol–water partition coefficient (Wildman–Crippen LogP) is 4.48. The first-order valence-electron chi connectivity index (χ1n) is 10.2. The third kappa shape index (κ3) is 5.81. The zero-order chi connectivity index (χ0) is 22.4. The summed E-state index contributed by atoms with van der Waals surface area (Å²) in [6.45, 7) is 5.83. The van der Waals surface area contributed by atoms with Gasteiger partial charge in [-0.25, -0.2) is 8.42 Å². The largest absolute Gasteiger partial charge is 0.324 e. The molecule has 0 saturated carbocycles. The van der Waals surface area contributed by atoms with Crippen molar-refractivity contribution in [2.75, 3.05) is 18.4 Å². The minimum Gasteiger partial charge on any atom is -0.324 e. The van der Waals surface area contributed by atoms with Crippen molar-refractivity contribution >= 4 is 21.6 Å². The molecule has 0 aromatic heterocycles. The Hall–Kier alpha value is -2.96. The van der Waals surface area contributed by atoms with Crippen LogP contribution in [0.5, 0.6) is 0 Å². The normalized spacial score (nSPS) is 11.5. The van der Waals surface area contributed by atoms with E-state index >= 15 is 0 Å². The summed E-state index contributed by atoms with van der Waals surface area (Å²) in [6.07, 6.45) is 0.517. The van der Waals surface area contributed by atoms with Crippen LogP contribution in [-0.4, -0.2) is 31.7 Å². The summed E-state index contributed by atoms with van der Waals surface area (Å²) in [5, 5.41) is 2.91. The van der Waals surface area contributed by atoms with E-state index in [0.717, 1.165) is 27.9 Å². The molecule has 0 aliphatic heterocycles. The molecular formula is C25H28N2O3S. The molecule has 1 N–H and O–H groups in total. The van der Waals surface area contributed by atoms with Gasteiger partial charge in [0.15, 0.2) is 0 Å². The first-order valence-corrected chi connectivity index (χ1v) is 11.7. The minimum absolute atomic E-state index is 0.179. The smallest absolute Gasteiger partial charge is 0.243 e. The van der Waals surface area contributed by atoms with E-state index in [0.29, 0.717) is 6.42 Å². The summed E-state index contributed by atoms with van der Waals surface area (Å²) in [7, 11) is -3.81. The van der Waals surface area contributed by atoms with Gasteiger partial charge in [-0.05, 0) is 56.0 Å². The Morgan fingerprint density at radius 2 is 1.42 bits per heavy atom. The number of benzene rings is 3. The molecule has 1 amide bonds.